The van der Waals surface area contributed by atoms with Crippen molar-refractivity contribution in [1.29, 1.82) is 0 Å². The van der Waals surface area contributed by atoms with E-state index in [1.807, 2.05) is 0 Å². The maximum absolute atomic E-state index is 12.2. The van der Waals surface area contributed by atoms with E-state index in [0.29, 0.717) is 36.0 Å². The van der Waals surface area contributed by atoms with Crippen molar-refractivity contribution in [2.75, 3.05) is 18.5 Å². The normalized spacial score (nSPS) is 12.9. The molecule has 0 spiro atoms. The molecule has 1 amide bonds. The summed E-state index contributed by atoms with van der Waals surface area (Å²) in [7, 11) is 1.75. The van der Waals surface area contributed by atoms with E-state index in [1.165, 1.54) is 0 Å². The summed E-state index contributed by atoms with van der Waals surface area (Å²) in [4.78, 5) is 12.2. The highest BCUT2D eigenvalue weighted by molar-refractivity contribution is 6.02. The lowest BCUT2D eigenvalue weighted by atomic mass is 10.2. The van der Waals surface area contributed by atoms with Gasteiger partial charge in [-0.25, -0.2) is 0 Å². The molecule has 0 saturated heterocycles. The zero-order valence-corrected chi connectivity index (χ0v) is 13.6. The first-order valence-electron chi connectivity index (χ1n) is 7.65. The van der Waals surface area contributed by atoms with Crippen molar-refractivity contribution in [2.45, 2.75) is 6.92 Å². The second-order valence-corrected chi connectivity index (χ2v) is 5.56. The van der Waals surface area contributed by atoms with Crippen molar-refractivity contribution >= 4 is 11.9 Å². The van der Waals surface area contributed by atoms with Gasteiger partial charge in [-0.05, 0) is 25.1 Å². The summed E-state index contributed by atoms with van der Waals surface area (Å²) < 4.78 is 18.1. The van der Waals surface area contributed by atoms with Gasteiger partial charge in [0.15, 0.2) is 17.2 Å². The van der Waals surface area contributed by atoms with E-state index in [4.69, 9.17) is 13.9 Å². The molecule has 1 aliphatic heterocycles. The van der Waals surface area contributed by atoms with E-state index in [0.717, 1.165) is 5.56 Å². The summed E-state index contributed by atoms with van der Waals surface area (Å²) in [6, 6.07) is 5.33. The van der Waals surface area contributed by atoms with Gasteiger partial charge in [0.2, 0.25) is 5.89 Å². The number of carbonyl (C=O) groups is 1. The third-order valence-corrected chi connectivity index (χ3v) is 3.66. The molecule has 128 valence electrons. The number of benzene rings is 1. The molecule has 0 atom stereocenters. The van der Waals surface area contributed by atoms with Crippen molar-refractivity contribution in [2.24, 2.45) is 7.05 Å². The first kappa shape index (κ1) is 15.2. The van der Waals surface area contributed by atoms with Crippen molar-refractivity contribution in [3.8, 4) is 23.0 Å². The first-order chi connectivity index (χ1) is 12.1. The molecule has 3 heterocycles. The number of anilines is 1. The number of nitrogens with zero attached hydrogens (tertiary/aromatic N) is 4. The minimum absolute atomic E-state index is 0.0000536. The van der Waals surface area contributed by atoms with E-state index < -0.39 is 5.91 Å². The Morgan fingerprint density at radius 1 is 1.20 bits per heavy atom. The van der Waals surface area contributed by atoms with Crippen LogP contribution in [0.4, 0.5) is 6.01 Å². The molecule has 4 rings (SSSR count). The van der Waals surface area contributed by atoms with E-state index in [-0.39, 0.29) is 11.9 Å². The quantitative estimate of drug-likeness (QED) is 0.774. The highest BCUT2D eigenvalue weighted by Gasteiger charge is 2.18. The number of ether oxygens (including phenoxy) is 2. The Morgan fingerprint density at radius 2 is 2.00 bits per heavy atom. The Balaban J connectivity index is 1.54. The van der Waals surface area contributed by atoms with Crippen molar-refractivity contribution in [3.05, 3.63) is 35.7 Å². The number of aromatic nitrogens is 4. The number of hydrogen-bond acceptors (Lipinski definition) is 7. The molecule has 0 radical (unpaired) electrons. The minimum atomic E-state index is -0.407. The smallest absolute Gasteiger partial charge is 0.322 e. The van der Waals surface area contributed by atoms with E-state index >= 15 is 0 Å². The molecule has 0 fully saturated rings. The zero-order chi connectivity index (χ0) is 17.4. The number of aryl methyl sites for hydroxylation is 2. The van der Waals surface area contributed by atoms with Crippen LogP contribution in [0.5, 0.6) is 11.5 Å². The van der Waals surface area contributed by atoms with Crippen LogP contribution in [0.15, 0.2) is 28.8 Å². The molecule has 25 heavy (non-hydrogen) atoms. The Morgan fingerprint density at radius 3 is 2.76 bits per heavy atom. The molecular weight excluding hydrogens is 326 g/mol. The fraction of sp³-hybridized carbons (Fsp3) is 0.250. The molecule has 0 aliphatic carbocycles. The Hall–Kier alpha value is -3.36. The minimum Gasteiger partial charge on any atom is -0.486 e. The number of amides is 1. The fourth-order valence-corrected chi connectivity index (χ4v) is 2.55. The van der Waals surface area contributed by atoms with Crippen LogP contribution in [0.1, 0.15) is 16.1 Å². The number of rotatable bonds is 3. The first-order valence-corrected chi connectivity index (χ1v) is 7.65. The lowest BCUT2D eigenvalue weighted by Crippen LogP contribution is -2.15. The molecule has 1 N–H and O–H groups in total. The van der Waals surface area contributed by atoms with Crippen LogP contribution < -0.4 is 14.8 Å². The summed E-state index contributed by atoms with van der Waals surface area (Å²) in [6.07, 6.45) is 1.75. The number of hydrogen-bond donors (Lipinski definition) is 1. The molecule has 9 heteroatoms. The van der Waals surface area contributed by atoms with Gasteiger partial charge in [0, 0.05) is 24.4 Å². The molecule has 3 aromatic rings. The molecule has 1 aliphatic rings. The largest absolute Gasteiger partial charge is 0.486 e. The Labute approximate surface area is 142 Å². The topological polar surface area (TPSA) is 104 Å². The third-order valence-electron chi connectivity index (χ3n) is 3.66. The summed E-state index contributed by atoms with van der Waals surface area (Å²) in [5.41, 5.74) is 1.74. The molecule has 0 unspecified atom stereocenters. The van der Waals surface area contributed by atoms with Crippen molar-refractivity contribution in [1.82, 2.24) is 20.0 Å². The van der Waals surface area contributed by atoms with E-state index in [2.05, 4.69) is 20.6 Å². The second kappa shape index (κ2) is 5.93. The molecule has 0 saturated carbocycles. The van der Waals surface area contributed by atoms with Gasteiger partial charge in [0.1, 0.15) is 13.2 Å². The zero-order valence-electron chi connectivity index (χ0n) is 13.6. The Kier molecular flexibility index (Phi) is 3.60. The average molecular weight is 341 g/mol. The number of nitrogens with one attached hydrogen (secondary N) is 1. The molecule has 2 aromatic heterocycles. The average Bonchev–Trinajstić information content (AvgIpc) is 3.20. The van der Waals surface area contributed by atoms with Crippen molar-refractivity contribution in [3.63, 3.8) is 0 Å². The standard InChI is InChI=1S/C16H15N5O4/c1-9-8-21(2)20-13(9)14(22)17-16-19-18-15(25-16)10-3-4-11-12(7-10)24-6-5-23-11/h3-4,7-8H,5-6H2,1-2H3,(H,17,19,22). The highest BCUT2D eigenvalue weighted by atomic mass is 16.6. The van der Waals surface area contributed by atoms with Crippen LogP contribution in [0.3, 0.4) is 0 Å². The van der Waals surface area contributed by atoms with E-state index in [1.54, 1.807) is 43.0 Å². The van der Waals surface area contributed by atoms with Crippen LogP contribution in [-0.4, -0.2) is 39.1 Å². The van der Waals surface area contributed by atoms with Gasteiger partial charge in [-0.1, -0.05) is 5.10 Å². The van der Waals surface area contributed by atoms with Gasteiger partial charge in [0.25, 0.3) is 5.91 Å². The predicted molar refractivity (Wildman–Crippen MR) is 86.6 cm³/mol. The number of fused-ring (bicyclic) bond motifs is 1. The van der Waals surface area contributed by atoms with Crippen LogP contribution in [0, 0.1) is 6.92 Å². The van der Waals surface area contributed by atoms with E-state index in [9.17, 15) is 4.79 Å². The van der Waals surface area contributed by atoms with Gasteiger partial charge in [-0.15, -0.1) is 5.10 Å². The maximum atomic E-state index is 12.2. The van der Waals surface area contributed by atoms with Gasteiger partial charge in [-0.2, -0.15) is 5.10 Å². The molecular formula is C16H15N5O4. The fourth-order valence-electron chi connectivity index (χ4n) is 2.55. The van der Waals surface area contributed by atoms with Crippen LogP contribution in [0.25, 0.3) is 11.5 Å². The van der Waals surface area contributed by atoms with Gasteiger partial charge >= 0.3 is 6.01 Å². The second-order valence-electron chi connectivity index (χ2n) is 5.56. The van der Waals surface area contributed by atoms with Gasteiger partial charge in [0.05, 0.1) is 0 Å². The highest BCUT2D eigenvalue weighted by Crippen LogP contribution is 2.34. The van der Waals surface area contributed by atoms with Gasteiger partial charge < -0.3 is 13.9 Å². The van der Waals surface area contributed by atoms with Crippen LogP contribution in [-0.2, 0) is 7.05 Å². The van der Waals surface area contributed by atoms with Crippen LogP contribution in [0.2, 0.25) is 0 Å². The number of carbonyl (C=O) groups excluding carboxylic acids is 1. The summed E-state index contributed by atoms with van der Waals surface area (Å²) in [5.74, 6) is 1.16. The molecule has 1 aromatic carbocycles. The lowest BCUT2D eigenvalue weighted by molar-refractivity contribution is 0.101. The summed E-state index contributed by atoms with van der Waals surface area (Å²) in [6.45, 7) is 2.82. The van der Waals surface area contributed by atoms with Crippen molar-refractivity contribution < 1.29 is 18.7 Å². The lowest BCUT2D eigenvalue weighted by Gasteiger charge is -2.18. The summed E-state index contributed by atoms with van der Waals surface area (Å²) >= 11 is 0. The van der Waals surface area contributed by atoms with Crippen LogP contribution >= 0.6 is 0 Å². The van der Waals surface area contributed by atoms with Gasteiger partial charge in [-0.3, -0.25) is 14.8 Å². The monoisotopic (exact) mass is 341 g/mol. The summed E-state index contributed by atoms with van der Waals surface area (Å²) in [5, 5.41) is 14.5. The molecule has 0 bridgehead atoms. The predicted octanol–water partition coefficient (Wildman–Crippen LogP) is 1.80. The third kappa shape index (κ3) is 2.91. The SMILES string of the molecule is Cc1cn(C)nc1C(=O)Nc1nnc(-c2ccc3c(c2)OCCO3)o1. The molecule has 9 nitrogen and oxygen atoms in total. The maximum Gasteiger partial charge on any atom is 0.322 e. The Bertz CT molecular complexity index is 946.